The van der Waals surface area contributed by atoms with Gasteiger partial charge in [-0.15, -0.1) is 0 Å². The smallest absolute Gasteiger partial charge is 0.144 e. The van der Waals surface area contributed by atoms with Crippen LogP contribution in [0, 0.1) is 0 Å². The monoisotopic (exact) mass is 548 g/mol. The Morgan fingerprint density at radius 1 is 0.233 bits per heavy atom. The van der Waals surface area contributed by atoms with Gasteiger partial charge in [-0.05, 0) is 43.8 Å². The summed E-state index contributed by atoms with van der Waals surface area (Å²) >= 11 is 0. The fourth-order valence-electron chi connectivity index (χ4n) is 6.45. The van der Waals surface area contributed by atoms with Crippen LogP contribution in [0.5, 0.6) is 0 Å². The van der Waals surface area contributed by atoms with Gasteiger partial charge in [-0.25, -0.2) is 0 Å². The molecule has 0 spiro atoms. The van der Waals surface area contributed by atoms with E-state index in [-0.39, 0.29) is 0 Å². The second kappa shape index (κ2) is 10.6. The molecule has 202 valence electrons. The minimum atomic E-state index is 0.876. The van der Waals surface area contributed by atoms with Crippen molar-refractivity contribution in [3.63, 3.8) is 0 Å². The second-order valence-electron chi connectivity index (χ2n) is 10.8. The molecule has 0 amide bonds. The van der Waals surface area contributed by atoms with E-state index in [4.69, 9.17) is 4.42 Å². The van der Waals surface area contributed by atoms with Gasteiger partial charge in [-0.1, -0.05) is 170 Å². The molecule has 43 heavy (non-hydrogen) atoms. The van der Waals surface area contributed by atoms with E-state index in [0.717, 1.165) is 44.9 Å². The van der Waals surface area contributed by atoms with Crippen LogP contribution in [0.1, 0.15) is 0 Å². The van der Waals surface area contributed by atoms with E-state index in [1.807, 2.05) is 0 Å². The Morgan fingerprint density at radius 2 is 0.535 bits per heavy atom. The highest BCUT2D eigenvalue weighted by atomic mass is 16.3. The summed E-state index contributed by atoms with van der Waals surface area (Å²) in [6.07, 6.45) is 0. The lowest BCUT2D eigenvalue weighted by molar-refractivity contribution is 0.600. The molecule has 8 rings (SSSR count). The number of hydrogen-bond donors (Lipinski definition) is 0. The molecule has 0 N–H and O–H groups in total. The molecule has 8 aromatic rings. The molecule has 0 aliphatic heterocycles. The predicted octanol–water partition coefficient (Wildman–Crippen LogP) is 11.9. The van der Waals surface area contributed by atoms with Crippen molar-refractivity contribution in [2.45, 2.75) is 0 Å². The maximum atomic E-state index is 7.19. The van der Waals surface area contributed by atoms with Gasteiger partial charge in [0, 0.05) is 22.3 Å². The number of furan rings is 1. The maximum Gasteiger partial charge on any atom is 0.144 e. The van der Waals surface area contributed by atoms with Gasteiger partial charge in [-0.2, -0.15) is 0 Å². The van der Waals surface area contributed by atoms with E-state index in [1.165, 1.54) is 32.7 Å². The van der Waals surface area contributed by atoms with E-state index < -0.39 is 0 Å². The third kappa shape index (κ3) is 4.26. The summed E-state index contributed by atoms with van der Waals surface area (Å²) in [5.74, 6) is 1.76. The quantitative estimate of drug-likeness (QED) is 0.195. The fourth-order valence-corrected chi connectivity index (χ4v) is 6.45. The molecule has 0 aliphatic rings. The molecule has 1 heteroatoms. The first-order valence-electron chi connectivity index (χ1n) is 14.7. The van der Waals surface area contributed by atoms with Crippen LogP contribution < -0.4 is 0 Å². The highest BCUT2D eigenvalue weighted by Crippen LogP contribution is 2.52. The molecule has 1 aromatic heterocycles. The van der Waals surface area contributed by atoms with Crippen molar-refractivity contribution in [3.8, 4) is 56.0 Å². The number of hydrogen-bond acceptors (Lipinski definition) is 1. The lowest BCUT2D eigenvalue weighted by atomic mass is 9.85. The molecule has 0 bridgehead atoms. The average Bonchev–Trinajstić information content (AvgIpc) is 3.49. The molecule has 7 aromatic carbocycles. The van der Waals surface area contributed by atoms with Crippen molar-refractivity contribution in [1.82, 2.24) is 0 Å². The van der Waals surface area contributed by atoms with Crippen LogP contribution in [-0.2, 0) is 0 Å². The lowest BCUT2D eigenvalue weighted by Crippen LogP contribution is -1.91. The SMILES string of the molecule is c1ccc(-c2oc(-c3c4ccccc4c(-c4ccccc4)c4ccccc34)c(-c3ccccc3)c2-c2ccccc2)cc1. The number of rotatable bonds is 5. The number of benzene rings is 7. The average molecular weight is 549 g/mol. The zero-order valence-corrected chi connectivity index (χ0v) is 23.6. The molecule has 0 unspecified atom stereocenters. The maximum absolute atomic E-state index is 7.19. The van der Waals surface area contributed by atoms with Gasteiger partial charge in [0.15, 0.2) is 0 Å². The third-order valence-electron chi connectivity index (χ3n) is 8.29. The minimum Gasteiger partial charge on any atom is -0.455 e. The van der Waals surface area contributed by atoms with Crippen LogP contribution in [0.4, 0.5) is 0 Å². The van der Waals surface area contributed by atoms with E-state index in [0.29, 0.717) is 0 Å². The van der Waals surface area contributed by atoms with Crippen molar-refractivity contribution in [3.05, 3.63) is 170 Å². The third-order valence-corrected chi connectivity index (χ3v) is 8.29. The van der Waals surface area contributed by atoms with E-state index in [9.17, 15) is 0 Å². The molecule has 0 fully saturated rings. The van der Waals surface area contributed by atoms with Gasteiger partial charge in [0.2, 0.25) is 0 Å². The Balaban J connectivity index is 1.57. The first-order valence-corrected chi connectivity index (χ1v) is 14.7. The molecule has 1 heterocycles. The first kappa shape index (κ1) is 25.1. The molecule has 0 atom stereocenters. The predicted molar refractivity (Wildman–Crippen MR) is 181 cm³/mol. The minimum absolute atomic E-state index is 0.876. The Bertz CT molecular complexity index is 2140. The summed E-state index contributed by atoms with van der Waals surface area (Å²) in [5.41, 5.74) is 9.09. The molecular weight excluding hydrogens is 520 g/mol. The van der Waals surface area contributed by atoms with Crippen molar-refractivity contribution in [2.24, 2.45) is 0 Å². The van der Waals surface area contributed by atoms with Crippen LogP contribution in [0.2, 0.25) is 0 Å². The van der Waals surface area contributed by atoms with Crippen molar-refractivity contribution >= 4 is 21.5 Å². The largest absolute Gasteiger partial charge is 0.455 e. The first-order chi connectivity index (χ1) is 21.4. The molecule has 1 nitrogen and oxygen atoms in total. The van der Waals surface area contributed by atoms with Crippen LogP contribution >= 0.6 is 0 Å². The van der Waals surface area contributed by atoms with Gasteiger partial charge in [-0.3, -0.25) is 0 Å². The zero-order chi connectivity index (χ0) is 28.6. The highest BCUT2D eigenvalue weighted by Gasteiger charge is 2.28. The molecule has 0 saturated carbocycles. The van der Waals surface area contributed by atoms with E-state index >= 15 is 0 Å². The van der Waals surface area contributed by atoms with Crippen LogP contribution in [-0.4, -0.2) is 0 Å². The van der Waals surface area contributed by atoms with Crippen molar-refractivity contribution in [2.75, 3.05) is 0 Å². The van der Waals surface area contributed by atoms with Gasteiger partial charge >= 0.3 is 0 Å². The summed E-state index contributed by atoms with van der Waals surface area (Å²) in [5, 5.41) is 4.76. The van der Waals surface area contributed by atoms with Crippen LogP contribution in [0.3, 0.4) is 0 Å². The van der Waals surface area contributed by atoms with Gasteiger partial charge in [0.1, 0.15) is 11.5 Å². The summed E-state index contributed by atoms with van der Waals surface area (Å²) in [4.78, 5) is 0. The molecule has 0 saturated heterocycles. The molecular formula is C42H28O. The Morgan fingerprint density at radius 3 is 0.953 bits per heavy atom. The Kier molecular flexibility index (Phi) is 6.20. The highest BCUT2D eigenvalue weighted by molar-refractivity contribution is 6.22. The van der Waals surface area contributed by atoms with Crippen LogP contribution in [0.15, 0.2) is 174 Å². The standard InChI is InChI=1S/C42H28O/c1-5-17-29(18-6-1)37-33-25-13-15-27-35(33)40(36-28-16-14-26-34(36)37)42-39(31-21-9-3-10-22-31)38(30-19-7-2-8-20-30)41(43-42)32-23-11-4-12-24-32/h1-28H. The molecule has 0 aliphatic carbocycles. The summed E-state index contributed by atoms with van der Waals surface area (Å²) in [7, 11) is 0. The van der Waals surface area contributed by atoms with E-state index in [2.05, 4.69) is 170 Å². The van der Waals surface area contributed by atoms with Gasteiger partial charge in [0.05, 0.1) is 0 Å². The van der Waals surface area contributed by atoms with Gasteiger partial charge < -0.3 is 4.42 Å². The van der Waals surface area contributed by atoms with Crippen molar-refractivity contribution < 1.29 is 4.42 Å². The van der Waals surface area contributed by atoms with Crippen LogP contribution in [0.25, 0.3) is 77.6 Å². The van der Waals surface area contributed by atoms with Gasteiger partial charge in [0.25, 0.3) is 0 Å². The fraction of sp³-hybridized carbons (Fsp3) is 0. The normalized spacial score (nSPS) is 11.3. The number of fused-ring (bicyclic) bond motifs is 2. The second-order valence-corrected chi connectivity index (χ2v) is 10.8. The summed E-state index contributed by atoms with van der Waals surface area (Å²) in [6, 6.07) is 60.0. The Labute approximate surface area is 251 Å². The topological polar surface area (TPSA) is 13.1 Å². The summed E-state index contributed by atoms with van der Waals surface area (Å²) in [6.45, 7) is 0. The van der Waals surface area contributed by atoms with E-state index in [1.54, 1.807) is 0 Å². The Hall–Kier alpha value is -5.66. The van der Waals surface area contributed by atoms with Crippen molar-refractivity contribution in [1.29, 1.82) is 0 Å². The zero-order valence-electron chi connectivity index (χ0n) is 23.6. The lowest BCUT2D eigenvalue weighted by Gasteiger charge is -2.17. The summed E-state index contributed by atoms with van der Waals surface area (Å²) < 4.78 is 7.19. The molecule has 0 radical (unpaired) electrons.